The zero-order valence-corrected chi connectivity index (χ0v) is 10.1. The number of carbonyl (C=O) groups excluding carboxylic acids is 1. The molecule has 1 aromatic heterocycles. The van der Waals surface area contributed by atoms with Crippen LogP contribution in [0.1, 0.15) is 0 Å². The van der Waals surface area contributed by atoms with Crippen LogP contribution in [0.15, 0.2) is 41.8 Å². The first kappa shape index (κ1) is 11.5. The lowest BCUT2D eigenvalue weighted by molar-refractivity contribution is 0.258. The highest BCUT2D eigenvalue weighted by atomic mass is 32.1. The highest BCUT2D eigenvalue weighted by Gasteiger charge is 2.10. The molecule has 2 amide bonds. The van der Waals surface area contributed by atoms with Crippen LogP contribution in [0.4, 0.5) is 15.5 Å². The molecule has 2 aromatic rings. The minimum atomic E-state index is -0.210. The third-order valence-electron chi connectivity index (χ3n) is 2.29. The van der Waals surface area contributed by atoms with Crippen molar-refractivity contribution in [2.75, 3.05) is 17.3 Å². The number of benzene rings is 1. The van der Waals surface area contributed by atoms with E-state index < -0.39 is 0 Å². The molecule has 0 fully saturated rings. The minimum Gasteiger partial charge on any atom is -0.508 e. The smallest absolute Gasteiger partial charge is 0.326 e. The van der Waals surface area contributed by atoms with E-state index in [1.807, 2.05) is 17.5 Å². The molecule has 17 heavy (non-hydrogen) atoms. The van der Waals surface area contributed by atoms with Gasteiger partial charge in [-0.25, -0.2) is 4.79 Å². The van der Waals surface area contributed by atoms with Gasteiger partial charge in [0.15, 0.2) is 0 Å². The monoisotopic (exact) mass is 248 g/mol. The summed E-state index contributed by atoms with van der Waals surface area (Å²) in [4.78, 5) is 13.3. The number of phenolic OH excluding ortho intramolecular Hbond substituents is 1. The first-order chi connectivity index (χ1) is 8.16. The van der Waals surface area contributed by atoms with E-state index in [2.05, 4.69) is 5.32 Å². The van der Waals surface area contributed by atoms with Gasteiger partial charge in [0, 0.05) is 12.7 Å². The van der Waals surface area contributed by atoms with Crippen molar-refractivity contribution in [1.82, 2.24) is 0 Å². The molecule has 5 heteroatoms. The second kappa shape index (κ2) is 4.88. The van der Waals surface area contributed by atoms with E-state index in [-0.39, 0.29) is 11.8 Å². The molecule has 0 saturated heterocycles. The van der Waals surface area contributed by atoms with Crippen LogP contribution in [0, 0.1) is 0 Å². The summed E-state index contributed by atoms with van der Waals surface area (Å²) in [5, 5.41) is 14.6. The molecule has 1 heterocycles. The molecule has 0 unspecified atom stereocenters. The molecule has 2 rings (SSSR count). The Balaban J connectivity index is 2.07. The average molecular weight is 248 g/mol. The van der Waals surface area contributed by atoms with E-state index in [1.54, 1.807) is 31.3 Å². The van der Waals surface area contributed by atoms with E-state index in [0.29, 0.717) is 0 Å². The zero-order valence-electron chi connectivity index (χ0n) is 9.25. The van der Waals surface area contributed by atoms with Gasteiger partial charge >= 0.3 is 6.03 Å². The summed E-state index contributed by atoms with van der Waals surface area (Å²) in [6.45, 7) is 0. The van der Waals surface area contributed by atoms with Crippen molar-refractivity contribution in [2.24, 2.45) is 0 Å². The van der Waals surface area contributed by atoms with Gasteiger partial charge in [-0.15, -0.1) is 11.3 Å². The molecular formula is C12H12N2O2S. The fraction of sp³-hybridized carbons (Fsp3) is 0.0833. The van der Waals surface area contributed by atoms with Crippen molar-refractivity contribution < 1.29 is 9.90 Å². The summed E-state index contributed by atoms with van der Waals surface area (Å²) >= 11 is 1.47. The molecule has 0 aliphatic rings. The molecule has 0 aliphatic carbocycles. The van der Waals surface area contributed by atoms with E-state index in [9.17, 15) is 4.79 Å². The van der Waals surface area contributed by atoms with Crippen LogP contribution in [0.5, 0.6) is 5.75 Å². The summed E-state index contributed by atoms with van der Waals surface area (Å²) < 4.78 is 0. The molecule has 2 N–H and O–H groups in total. The van der Waals surface area contributed by atoms with Crippen molar-refractivity contribution >= 4 is 28.1 Å². The lowest BCUT2D eigenvalue weighted by atomic mass is 10.3. The van der Waals surface area contributed by atoms with Gasteiger partial charge in [-0.3, -0.25) is 10.2 Å². The van der Waals surface area contributed by atoms with Crippen LogP contribution >= 0.6 is 11.3 Å². The van der Waals surface area contributed by atoms with Crippen molar-refractivity contribution in [3.8, 4) is 5.75 Å². The molecule has 88 valence electrons. The molecule has 0 atom stereocenters. The second-order valence-electron chi connectivity index (χ2n) is 3.48. The molecule has 0 spiro atoms. The van der Waals surface area contributed by atoms with Crippen LogP contribution in [-0.2, 0) is 0 Å². The van der Waals surface area contributed by atoms with Crippen LogP contribution in [0.2, 0.25) is 0 Å². The fourth-order valence-corrected chi connectivity index (χ4v) is 1.94. The number of nitrogens with zero attached hydrogens (tertiary/aromatic N) is 1. The summed E-state index contributed by atoms with van der Waals surface area (Å²) in [5.41, 5.74) is 0.719. The second-order valence-corrected chi connectivity index (χ2v) is 4.43. The fourth-order valence-electron chi connectivity index (χ4n) is 1.33. The quantitative estimate of drug-likeness (QED) is 0.858. The van der Waals surface area contributed by atoms with Gasteiger partial charge in [0.2, 0.25) is 0 Å². The number of carbonyl (C=O) groups is 1. The lowest BCUT2D eigenvalue weighted by Gasteiger charge is -2.17. The number of urea groups is 1. The van der Waals surface area contributed by atoms with Crippen LogP contribution in [-0.4, -0.2) is 18.2 Å². The van der Waals surface area contributed by atoms with Crippen molar-refractivity contribution in [2.45, 2.75) is 0 Å². The SMILES string of the molecule is CN(C(=O)Nc1cccs1)c1ccc(O)cc1. The van der Waals surface area contributed by atoms with Crippen molar-refractivity contribution in [3.05, 3.63) is 41.8 Å². The van der Waals surface area contributed by atoms with Crippen molar-refractivity contribution in [1.29, 1.82) is 0 Å². The number of anilines is 2. The Kier molecular flexibility index (Phi) is 3.30. The Morgan fingerprint density at radius 3 is 2.59 bits per heavy atom. The standard InChI is InChI=1S/C12H12N2O2S/c1-14(9-4-6-10(15)7-5-9)12(16)13-11-3-2-8-17-11/h2-8,15H,1H3,(H,13,16). The van der Waals surface area contributed by atoms with Crippen LogP contribution < -0.4 is 10.2 Å². The van der Waals surface area contributed by atoms with Gasteiger partial charge in [-0.05, 0) is 41.8 Å². The number of aromatic hydroxyl groups is 1. The third kappa shape index (κ3) is 2.76. The number of amides is 2. The van der Waals surface area contributed by atoms with Gasteiger partial charge in [0.25, 0.3) is 0 Å². The maximum atomic E-state index is 11.9. The Hall–Kier alpha value is -2.01. The Morgan fingerprint density at radius 2 is 2.00 bits per heavy atom. The van der Waals surface area contributed by atoms with E-state index >= 15 is 0 Å². The normalized spacial score (nSPS) is 9.94. The summed E-state index contributed by atoms with van der Waals surface area (Å²) in [7, 11) is 1.68. The maximum Gasteiger partial charge on any atom is 0.326 e. The molecule has 0 radical (unpaired) electrons. The van der Waals surface area contributed by atoms with E-state index in [4.69, 9.17) is 5.11 Å². The lowest BCUT2D eigenvalue weighted by Crippen LogP contribution is -2.30. The number of thiophene rings is 1. The molecular weight excluding hydrogens is 236 g/mol. The molecule has 1 aromatic carbocycles. The Morgan fingerprint density at radius 1 is 1.29 bits per heavy atom. The topological polar surface area (TPSA) is 52.6 Å². The van der Waals surface area contributed by atoms with Crippen molar-refractivity contribution in [3.63, 3.8) is 0 Å². The van der Waals surface area contributed by atoms with Gasteiger partial charge in [0.05, 0.1) is 5.00 Å². The highest BCUT2D eigenvalue weighted by Crippen LogP contribution is 2.20. The largest absolute Gasteiger partial charge is 0.508 e. The first-order valence-electron chi connectivity index (χ1n) is 5.04. The predicted molar refractivity (Wildman–Crippen MR) is 69.8 cm³/mol. The third-order valence-corrected chi connectivity index (χ3v) is 3.08. The highest BCUT2D eigenvalue weighted by molar-refractivity contribution is 7.14. The van der Waals surface area contributed by atoms with E-state index in [1.165, 1.54) is 16.2 Å². The number of rotatable bonds is 2. The molecule has 4 nitrogen and oxygen atoms in total. The number of hydrogen-bond acceptors (Lipinski definition) is 3. The maximum absolute atomic E-state index is 11.9. The molecule has 0 aliphatic heterocycles. The molecule has 0 saturated carbocycles. The van der Waals surface area contributed by atoms with Gasteiger partial charge in [-0.2, -0.15) is 0 Å². The predicted octanol–water partition coefficient (Wildman–Crippen LogP) is 3.12. The Bertz CT molecular complexity index is 494. The summed E-state index contributed by atoms with van der Waals surface area (Å²) in [5.74, 6) is 0.181. The van der Waals surface area contributed by atoms with E-state index in [0.717, 1.165) is 10.7 Å². The molecule has 0 bridgehead atoms. The summed E-state index contributed by atoms with van der Waals surface area (Å²) in [6, 6.07) is 9.97. The number of phenols is 1. The van der Waals surface area contributed by atoms with Crippen LogP contribution in [0.3, 0.4) is 0 Å². The van der Waals surface area contributed by atoms with Gasteiger partial charge in [0.1, 0.15) is 5.75 Å². The Labute approximate surface area is 103 Å². The number of hydrogen-bond donors (Lipinski definition) is 2. The average Bonchev–Trinajstić information content (AvgIpc) is 2.82. The zero-order chi connectivity index (χ0) is 12.3. The van der Waals surface area contributed by atoms with Gasteiger partial charge < -0.3 is 5.11 Å². The van der Waals surface area contributed by atoms with Crippen LogP contribution in [0.25, 0.3) is 0 Å². The number of nitrogens with one attached hydrogen (secondary N) is 1. The minimum absolute atomic E-state index is 0.181. The first-order valence-corrected chi connectivity index (χ1v) is 5.92. The van der Waals surface area contributed by atoms with Gasteiger partial charge in [-0.1, -0.05) is 0 Å². The summed E-state index contributed by atoms with van der Waals surface area (Å²) in [6.07, 6.45) is 0.